The van der Waals surface area contributed by atoms with Crippen molar-refractivity contribution in [2.24, 2.45) is 5.18 Å². The number of nitrogens with zero attached hydrogens (tertiary/aromatic N) is 3. The van der Waals surface area contributed by atoms with Gasteiger partial charge in [0.15, 0.2) is 0 Å². The van der Waals surface area contributed by atoms with Crippen molar-refractivity contribution in [2.45, 2.75) is 6.61 Å². The second-order valence-corrected chi connectivity index (χ2v) is 3.93. The highest BCUT2D eigenvalue weighted by Gasteiger charge is 2.16. The Morgan fingerprint density at radius 1 is 1.28 bits per heavy atom. The molecule has 0 spiro atoms. The van der Waals surface area contributed by atoms with E-state index in [0.29, 0.717) is 19.2 Å². The summed E-state index contributed by atoms with van der Waals surface area (Å²) < 4.78 is 5.59. The van der Waals surface area contributed by atoms with E-state index < -0.39 is 0 Å². The molecule has 0 saturated heterocycles. The molecule has 1 aromatic carbocycles. The van der Waals surface area contributed by atoms with Crippen molar-refractivity contribution < 1.29 is 4.74 Å². The van der Waals surface area contributed by atoms with Crippen LogP contribution >= 0.6 is 0 Å². The minimum Gasteiger partial charge on any atom is -0.356 e. The number of hydrogen-bond acceptors (Lipinski definition) is 5. The number of rotatable bonds is 5. The van der Waals surface area contributed by atoms with Crippen molar-refractivity contribution in [1.29, 1.82) is 0 Å². The molecule has 0 radical (unpaired) electrons. The van der Waals surface area contributed by atoms with Gasteiger partial charge in [-0.2, -0.15) is 0 Å². The molecule has 2 rings (SSSR count). The summed E-state index contributed by atoms with van der Waals surface area (Å²) in [4.78, 5) is 13.9. The molecule has 18 heavy (non-hydrogen) atoms. The number of ether oxygens (including phenoxy) is 1. The third kappa shape index (κ3) is 2.95. The fourth-order valence-corrected chi connectivity index (χ4v) is 1.69. The van der Waals surface area contributed by atoms with Crippen LogP contribution in [-0.2, 0) is 11.3 Å². The highest BCUT2D eigenvalue weighted by Crippen LogP contribution is 2.17. The summed E-state index contributed by atoms with van der Waals surface area (Å²) in [5.41, 5.74) is 1.12. The maximum absolute atomic E-state index is 10.3. The zero-order valence-corrected chi connectivity index (χ0v) is 10.2. The van der Waals surface area contributed by atoms with Gasteiger partial charge in [0.05, 0.1) is 6.61 Å². The summed E-state index contributed by atoms with van der Waals surface area (Å²) >= 11 is 0. The Hall–Kier alpha value is -2.14. The molecule has 0 fully saturated rings. The van der Waals surface area contributed by atoms with Crippen molar-refractivity contribution in [1.82, 2.24) is 9.80 Å². The first-order chi connectivity index (χ1) is 8.81. The van der Waals surface area contributed by atoms with E-state index >= 15 is 0 Å². The lowest BCUT2D eigenvalue weighted by Gasteiger charge is -2.20. The fourth-order valence-electron chi connectivity index (χ4n) is 1.69. The molecule has 5 nitrogen and oxygen atoms in total. The normalized spacial score (nSPS) is 16.6. The van der Waals surface area contributed by atoms with Crippen LogP contribution in [0.3, 0.4) is 0 Å². The lowest BCUT2D eigenvalue weighted by atomic mass is 10.2. The molecule has 0 aliphatic carbocycles. The largest absolute Gasteiger partial charge is 0.356 e. The first-order valence-electron chi connectivity index (χ1n) is 5.63. The monoisotopic (exact) mass is 245 g/mol. The molecule has 0 aromatic heterocycles. The van der Waals surface area contributed by atoms with E-state index in [9.17, 15) is 4.91 Å². The molecule has 94 valence electrons. The molecule has 0 N–H and O–H groups in total. The van der Waals surface area contributed by atoms with Gasteiger partial charge in [-0.3, -0.25) is 0 Å². The summed E-state index contributed by atoms with van der Waals surface area (Å²) in [7, 11) is 1.85. The van der Waals surface area contributed by atoms with Gasteiger partial charge in [-0.15, -0.1) is 4.91 Å². The Kier molecular flexibility index (Phi) is 4.09. The third-order valence-corrected chi connectivity index (χ3v) is 2.64. The Morgan fingerprint density at radius 3 is 2.78 bits per heavy atom. The molecule has 0 atom stereocenters. The van der Waals surface area contributed by atoms with E-state index in [0.717, 1.165) is 5.56 Å². The van der Waals surface area contributed by atoms with Crippen LogP contribution in [0.4, 0.5) is 0 Å². The zero-order chi connectivity index (χ0) is 12.8. The lowest BCUT2D eigenvalue weighted by molar-refractivity contribution is 0.0540. The van der Waals surface area contributed by atoms with Gasteiger partial charge in [0, 0.05) is 19.4 Å². The molecule has 0 unspecified atom stereocenters. The van der Waals surface area contributed by atoms with Gasteiger partial charge in [0.1, 0.15) is 18.8 Å². The van der Waals surface area contributed by atoms with E-state index in [1.54, 1.807) is 0 Å². The average Bonchev–Trinajstić information content (AvgIpc) is 2.73. The lowest BCUT2D eigenvalue weighted by Crippen LogP contribution is -2.22. The van der Waals surface area contributed by atoms with Crippen molar-refractivity contribution >= 4 is 0 Å². The van der Waals surface area contributed by atoms with Gasteiger partial charge in [-0.1, -0.05) is 30.3 Å². The molecule has 0 bridgehead atoms. The first-order valence-corrected chi connectivity index (χ1v) is 5.63. The summed E-state index contributed by atoms with van der Waals surface area (Å²) in [6, 6.07) is 9.94. The molecule has 5 heteroatoms. The molecule has 1 aliphatic rings. The fraction of sp³-hybridized carbons (Fsp3) is 0.231. The Bertz CT molecular complexity index is 457. The third-order valence-electron chi connectivity index (χ3n) is 2.64. The average molecular weight is 245 g/mol. The van der Waals surface area contributed by atoms with Crippen LogP contribution in [0.25, 0.3) is 0 Å². The van der Waals surface area contributed by atoms with Gasteiger partial charge in [0.25, 0.3) is 0 Å². The van der Waals surface area contributed by atoms with E-state index in [1.165, 1.54) is 6.20 Å². The van der Waals surface area contributed by atoms with E-state index in [-0.39, 0.29) is 0 Å². The highest BCUT2D eigenvalue weighted by atomic mass is 16.5. The number of hydrogen-bond donors (Lipinski definition) is 0. The number of nitroso groups, excluding NO2 is 1. The van der Waals surface area contributed by atoms with E-state index in [1.807, 2.05) is 59.6 Å². The van der Waals surface area contributed by atoms with Gasteiger partial charge >= 0.3 is 0 Å². The molecule has 0 amide bonds. The van der Waals surface area contributed by atoms with Gasteiger partial charge < -0.3 is 14.5 Å². The van der Waals surface area contributed by atoms with Crippen LogP contribution in [-0.4, -0.2) is 23.6 Å². The van der Waals surface area contributed by atoms with Gasteiger partial charge in [-0.25, -0.2) is 0 Å². The second-order valence-electron chi connectivity index (χ2n) is 3.93. The SMILES string of the molecule is CN1C=CN(COCc2ccccc2)/C1=C\N=O. The molecular formula is C13H15N3O2. The second kappa shape index (κ2) is 5.97. The predicted octanol–water partition coefficient (Wildman–Crippen LogP) is 2.44. The van der Waals surface area contributed by atoms with Crippen LogP contribution in [0, 0.1) is 4.91 Å². The van der Waals surface area contributed by atoms with E-state index in [2.05, 4.69) is 5.18 Å². The van der Waals surface area contributed by atoms with Crippen molar-refractivity contribution in [3.8, 4) is 0 Å². The van der Waals surface area contributed by atoms with Crippen LogP contribution in [0.5, 0.6) is 0 Å². The van der Waals surface area contributed by atoms with Crippen LogP contribution < -0.4 is 0 Å². The van der Waals surface area contributed by atoms with Gasteiger partial charge in [0.2, 0.25) is 0 Å². The van der Waals surface area contributed by atoms with Crippen LogP contribution in [0.1, 0.15) is 5.56 Å². The summed E-state index contributed by atoms with van der Waals surface area (Å²) in [5, 5.41) is 2.79. The number of benzene rings is 1. The molecule has 1 heterocycles. The van der Waals surface area contributed by atoms with Crippen LogP contribution in [0.2, 0.25) is 0 Å². The summed E-state index contributed by atoms with van der Waals surface area (Å²) in [6.45, 7) is 0.924. The summed E-state index contributed by atoms with van der Waals surface area (Å²) in [6.07, 6.45) is 4.97. The van der Waals surface area contributed by atoms with Gasteiger partial charge in [-0.05, 0) is 10.7 Å². The maximum Gasteiger partial charge on any atom is 0.136 e. The quantitative estimate of drug-likeness (QED) is 0.747. The van der Waals surface area contributed by atoms with Crippen LogP contribution in [0.15, 0.2) is 59.9 Å². The molecular weight excluding hydrogens is 230 g/mol. The standard InChI is InChI=1S/C13H15N3O2/c1-15-7-8-16(13(15)9-14-17)11-18-10-12-5-3-2-4-6-12/h2-9H,10-11H2,1H3/b13-9-. The molecule has 0 saturated carbocycles. The van der Waals surface area contributed by atoms with Crippen molar-refractivity contribution in [2.75, 3.05) is 13.8 Å². The Balaban J connectivity index is 1.85. The molecule has 1 aromatic rings. The Labute approximate surface area is 106 Å². The summed E-state index contributed by atoms with van der Waals surface area (Å²) in [5.74, 6) is 0.707. The topological polar surface area (TPSA) is 45.1 Å². The molecule has 1 aliphatic heterocycles. The maximum atomic E-state index is 10.3. The van der Waals surface area contributed by atoms with Crippen molar-refractivity contribution in [3.05, 3.63) is 65.2 Å². The minimum atomic E-state index is 0.386. The van der Waals surface area contributed by atoms with Crippen molar-refractivity contribution in [3.63, 3.8) is 0 Å². The smallest absolute Gasteiger partial charge is 0.136 e. The Morgan fingerprint density at radius 2 is 2.06 bits per heavy atom. The minimum absolute atomic E-state index is 0.386. The highest BCUT2D eigenvalue weighted by molar-refractivity contribution is 5.14. The first kappa shape index (κ1) is 12.3. The predicted molar refractivity (Wildman–Crippen MR) is 68.7 cm³/mol. The van der Waals surface area contributed by atoms with E-state index in [4.69, 9.17) is 4.74 Å². The zero-order valence-electron chi connectivity index (χ0n) is 10.2.